The maximum Gasteiger partial charge on any atom is 0.146 e. The summed E-state index contributed by atoms with van der Waals surface area (Å²) in [5, 5.41) is 0. The first-order valence-corrected chi connectivity index (χ1v) is 15.1. The van der Waals surface area contributed by atoms with Crippen molar-refractivity contribution in [2.75, 3.05) is 59.4 Å². The summed E-state index contributed by atoms with van der Waals surface area (Å²) in [7, 11) is 0.771. The molecular weight excluding hydrogens is 352 g/mol. The molecule has 26 heavy (non-hydrogen) atoms. The van der Waals surface area contributed by atoms with Crippen LogP contribution >= 0.6 is 0 Å². The molecule has 0 bridgehead atoms. The molecule has 0 aromatic heterocycles. The third-order valence-corrected chi connectivity index (χ3v) is 10.5. The zero-order valence-corrected chi connectivity index (χ0v) is 21.2. The third kappa shape index (κ3) is 8.63. The smallest absolute Gasteiger partial charge is 0.146 e. The van der Waals surface area contributed by atoms with Gasteiger partial charge in [0, 0.05) is 32.0 Å². The largest absolute Gasteiger partial charge is 0.318 e. The summed E-state index contributed by atoms with van der Waals surface area (Å²) in [5.74, 6) is 0.678. The fourth-order valence-corrected chi connectivity index (χ4v) is 7.02. The lowest BCUT2D eigenvalue weighted by Crippen LogP contribution is -2.55. The summed E-state index contributed by atoms with van der Waals surface area (Å²) >= 11 is 0. The molecule has 1 heterocycles. The Morgan fingerprint density at radius 2 is 1.35 bits per heavy atom. The van der Waals surface area contributed by atoms with E-state index in [1.54, 1.807) is 0 Å². The van der Waals surface area contributed by atoms with Gasteiger partial charge in [-0.3, -0.25) is 9.80 Å². The number of hydrogen-bond donors (Lipinski definition) is 0. The maximum atomic E-state index is 3.93. The molecule has 0 aromatic carbocycles. The molecule has 0 saturated carbocycles. The van der Waals surface area contributed by atoms with Crippen molar-refractivity contribution < 1.29 is 0 Å². The van der Waals surface area contributed by atoms with Gasteiger partial charge < -0.3 is 9.47 Å². The molecule has 6 heteroatoms. The molecule has 0 aliphatic carbocycles. The molecule has 1 saturated heterocycles. The Morgan fingerprint density at radius 1 is 0.923 bits per heavy atom. The highest BCUT2D eigenvalue weighted by Crippen LogP contribution is 2.13. The number of piperazine rings is 1. The minimum Gasteiger partial charge on any atom is -0.318 e. The lowest BCUT2D eigenvalue weighted by atomic mass is 10.4. The summed E-state index contributed by atoms with van der Waals surface area (Å²) in [5.41, 5.74) is 4.35. The van der Waals surface area contributed by atoms with Gasteiger partial charge in [-0.25, -0.2) is 0 Å². The summed E-state index contributed by atoms with van der Waals surface area (Å²) in [4.78, 5) is 7.51. The van der Waals surface area contributed by atoms with Crippen molar-refractivity contribution in [3.8, 4) is 0 Å². The van der Waals surface area contributed by atoms with Gasteiger partial charge in [-0.1, -0.05) is 46.5 Å². The van der Waals surface area contributed by atoms with Crippen LogP contribution in [0.15, 0.2) is 24.6 Å². The number of nitrogens with zero attached hydrogens (tertiary/aromatic N) is 4. The van der Waals surface area contributed by atoms with Crippen LogP contribution < -0.4 is 0 Å². The van der Waals surface area contributed by atoms with Crippen LogP contribution in [0.3, 0.4) is 0 Å². The van der Waals surface area contributed by atoms with Crippen molar-refractivity contribution in [2.45, 2.75) is 46.6 Å². The Hall–Kier alpha value is -0.246. The van der Waals surface area contributed by atoms with Crippen molar-refractivity contribution in [1.82, 2.24) is 19.3 Å². The fraction of sp³-hybridized carbons (Fsp3) is 0.800. The second-order valence-corrected chi connectivity index (χ2v) is 13.7. The van der Waals surface area contributed by atoms with Crippen molar-refractivity contribution in [3.05, 3.63) is 24.6 Å². The summed E-state index contributed by atoms with van der Waals surface area (Å²) in [6.07, 6.45) is 0. The van der Waals surface area contributed by atoms with Gasteiger partial charge in [0.1, 0.15) is 8.24 Å². The molecule has 0 spiro atoms. The SMILES string of the molecule is C=C[SiH2]C(N(CC)CC)N(CC)CC.C=C[Si](C)(C)N1CCN(C)CC1. The van der Waals surface area contributed by atoms with Crippen molar-refractivity contribution in [2.24, 2.45) is 0 Å². The first kappa shape index (κ1) is 25.8. The average Bonchev–Trinajstić information content (AvgIpc) is 2.64. The second-order valence-electron chi connectivity index (χ2n) is 7.60. The van der Waals surface area contributed by atoms with Crippen LogP contribution in [0.1, 0.15) is 27.7 Å². The van der Waals surface area contributed by atoms with E-state index in [1.807, 2.05) is 0 Å². The quantitative estimate of drug-likeness (QED) is 0.414. The normalized spacial score (nSPS) is 17.2. The Labute approximate surface area is 167 Å². The van der Waals surface area contributed by atoms with Crippen molar-refractivity contribution in [3.63, 3.8) is 0 Å². The molecule has 0 N–H and O–H groups in total. The highest BCUT2D eigenvalue weighted by Gasteiger charge is 2.28. The first-order valence-electron chi connectivity index (χ1n) is 10.5. The van der Waals surface area contributed by atoms with Gasteiger partial charge in [0.2, 0.25) is 0 Å². The molecule has 0 amide bonds. The lowest BCUT2D eigenvalue weighted by Gasteiger charge is -2.40. The molecule has 1 aliphatic rings. The number of rotatable bonds is 10. The molecule has 0 atom stereocenters. The van der Waals surface area contributed by atoms with Gasteiger partial charge in [-0.15, -0.1) is 18.9 Å². The zero-order valence-electron chi connectivity index (χ0n) is 18.8. The maximum absolute atomic E-state index is 3.93. The van der Waals surface area contributed by atoms with Gasteiger partial charge in [0.25, 0.3) is 0 Å². The molecule has 0 aromatic rings. The Morgan fingerprint density at radius 3 is 1.65 bits per heavy atom. The minimum absolute atomic E-state index is 0.187. The van der Waals surface area contributed by atoms with E-state index in [9.17, 15) is 0 Å². The van der Waals surface area contributed by atoms with Crippen LogP contribution in [-0.4, -0.2) is 102 Å². The van der Waals surface area contributed by atoms with E-state index in [1.165, 1.54) is 26.2 Å². The average molecular weight is 399 g/mol. The van der Waals surface area contributed by atoms with Crippen LogP contribution in [-0.2, 0) is 0 Å². The molecule has 1 fully saturated rings. The highest BCUT2D eigenvalue weighted by molar-refractivity contribution is 6.79. The molecule has 0 unspecified atom stereocenters. The zero-order chi connectivity index (χ0) is 20.2. The molecule has 0 radical (unpaired) electrons. The topological polar surface area (TPSA) is 13.0 Å². The van der Waals surface area contributed by atoms with E-state index in [-0.39, 0.29) is 9.52 Å². The summed E-state index contributed by atoms with van der Waals surface area (Å²) in [6.45, 7) is 31.0. The van der Waals surface area contributed by atoms with Crippen LogP contribution in [0.4, 0.5) is 0 Å². The van der Waals surface area contributed by atoms with Crippen LogP contribution in [0.25, 0.3) is 0 Å². The standard InChI is InChI=1S/C11H26N2Si.C9H20N2Si/c1-6-12(7-2)11(14-10-5)13(8-3)9-4;1-5-12(3,4)11-8-6-10(2)7-9-11/h10-11H,5-9,14H2,1-4H3;5H,1,6-9H2,2-4H3. The lowest BCUT2D eigenvalue weighted by molar-refractivity contribution is 0.116. The molecular formula is C20H46N4Si2. The summed E-state index contributed by atoms with van der Waals surface area (Å²) < 4.78 is 2.62. The Bertz CT molecular complexity index is 362. The van der Waals surface area contributed by atoms with Crippen LogP contribution in [0.2, 0.25) is 13.1 Å². The predicted molar refractivity (Wildman–Crippen MR) is 125 cm³/mol. The van der Waals surface area contributed by atoms with E-state index < -0.39 is 8.24 Å². The predicted octanol–water partition coefficient (Wildman–Crippen LogP) is 2.43. The van der Waals surface area contributed by atoms with Gasteiger partial charge in [0.05, 0.1) is 9.52 Å². The van der Waals surface area contributed by atoms with E-state index in [2.05, 4.69) is 91.7 Å². The third-order valence-electron chi connectivity index (χ3n) is 5.66. The molecule has 1 rings (SSSR count). The fourth-order valence-electron chi connectivity index (χ4n) is 3.48. The van der Waals surface area contributed by atoms with Gasteiger partial charge >= 0.3 is 0 Å². The number of likely N-dealkylation sites (N-methyl/N-ethyl adjacent to an activating group) is 1. The van der Waals surface area contributed by atoms with E-state index in [0.717, 1.165) is 26.2 Å². The molecule has 4 nitrogen and oxygen atoms in total. The monoisotopic (exact) mass is 398 g/mol. The number of hydrogen-bond acceptors (Lipinski definition) is 4. The van der Waals surface area contributed by atoms with Gasteiger partial charge in [0.15, 0.2) is 0 Å². The van der Waals surface area contributed by atoms with Gasteiger partial charge in [-0.2, -0.15) is 0 Å². The minimum atomic E-state index is -1.24. The molecule has 154 valence electrons. The van der Waals surface area contributed by atoms with E-state index in [4.69, 9.17) is 0 Å². The Balaban J connectivity index is 0.000000485. The highest BCUT2D eigenvalue weighted by atomic mass is 28.3. The first-order chi connectivity index (χ1) is 12.3. The van der Waals surface area contributed by atoms with Crippen molar-refractivity contribution in [1.29, 1.82) is 0 Å². The van der Waals surface area contributed by atoms with Crippen LogP contribution in [0.5, 0.6) is 0 Å². The second kappa shape index (κ2) is 13.9. The Kier molecular flexibility index (Phi) is 13.7. The van der Waals surface area contributed by atoms with E-state index >= 15 is 0 Å². The van der Waals surface area contributed by atoms with Gasteiger partial charge in [-0.05, 0) is 33.2 Å². The van der Waals surface area contributed by atoms with Crippen LogP contribution in [0, 0.1) is 0 Å². The van der Waals surface area contributed by atoms with E-state index in [0.29, 0.717) is 5.79 Å². The summed E-state index contributed by atoms with van der Waals surface area (Å²) in [6, 6.07) is 0. The van der Waals surface area contributed by atoms with Crippen molar-refractivity contribution >= 4 is 17.8 Å². The molecule has 1 aliphatic heterocycles.